The Morgan fingerprint density at radius 2 is 1.11 bits per heavy atom. The van der Waals surface area contributed by atoms with Crippen molar-refractivity contribution in [3.8, 4) is 33.8 Å². The quantitative estimate of drug-likeness (QED) is 0.178. The van der Waals surface area contributed by atoms with E-state index in [9.17, 15) is 0 Å². The topological polar surface area (TPSA) is 28.9 Å². The maximum Gasteiger partial charge on any atom is 0.152 e. The first-order chi connectivity index (χ1) is 27.0. The van der Waals surface area contributed by atoms with Gasteiger partial charge in [-0.05, 0) is 118 Å². The normalized spacial score (nSPS) is 13.5. The van der Waals surface area contributed by atoms with Gasteiger partial charge in [0.25, 0.3) is 0 Å². The second-order valence-corrected chi connectivity index (χ2v) is 15.0. The Morgan fingerprint density at radius 1 is 0.455 bits per heavy atom. The maximum absolute atomic E-state index is 6.55. The van der Waals surface area contributed by atoms with Crippen LogP contribution in [0.15, 0.2) is 186 Å². The van der Waals surface area contributed by atoms with Crippen LogP contribution in [0.2, 0.25) is 0 Å². The third-order valence-electron chi connectivity index (χ3n) is 11.4. The molecule has 55 heavy (non-hydrogen) atoms. The van der Waals surface area contributed by atoms with Crippen molar-refractivity contribution in [1.82, 2.24) is 0 Å². The molecule has 0 amide bonds. The molecule has 262 valence electrons. The average Bonchev–Trinajstić information content (AvgIpc) is 3.71. The van der Waals surface area contributed by atoms with Crippen LogP contribution in [-0.4, -0.2) is 0 Å². The van der Waals surface area contributed by atoms with Crippen LogP contribution in [0.25, 0.3) is 44.2 Å². The van der Waals surface area contributed by atoms with E-state index in [0.29, 0.717) is 0 Å². The molecule has 2 aliphatic rings. The number of nitrogens with zero attached hydrogens (tertiary/aromatic N) is 2. The van der Waals surface area contributed by atoms with Gasteiger partial charge >= 0.3 is 0 Å². The molecule has 1 aliphatic carbocycles. The van der Waals surface area contributed by atoms with Gasteiger partial charge in [0.1, 0.15) is 11.2 Å². The van der Waals surface area contributed by atoms with Crippen LogP contribution in [0, 0.1) is 0 Å². The number of rotatable bonds is 5. The highest BCUT2D eigenvalue weighted by Gasteiger charge is 2.36. The Hall–Kier alpha value is -7.04. The molecule has 11 rings (SSSR count). The zero-order valence-electron chi connectivity index (χ0n) is 30.5. The Bertz CT molecular complexity index is 2940. The fraction of sp³-hybridized carbons (Fsp3) is 0.0588. The number of ether oxygens (including phenoxy) is 1. The summed E-state index contributed by atoms with van der Waals surface area (Å²) >= 11 is 0. The molecule has 0 saturated heterocycles. The monoisotopic (exact) mass is 708 g/mol. The molecule has 4 nitrogen and oxygen atoms in total. The summed E-state index contributed by atoms with van der Waals surface area (Å²) in [7, 11) is 0. The molecule has 0 fully saturated rings. The summed E-state index contributed by atoms with van der Waals surface area (Å²) in [5, 5.41) is 2.21. The minimum absolute atomic E-state index is 0.118. The molecule has 0 spiro atoms. The van der Waals surface area contributed by atoms with E-state index < -0.39 is 0 Å². The third-order valence-corrected chi connectivity index (χ3v) is 11.4. The fourth-order valence-corrected chi connectivity index (χ4v) is 8.73. The smallest absolute Gasteiger partial charge is 0.152 e. The summed E-state index contributed by atoms with van der Waals surface area (Å²) in [5.41, 5.74) is 15.6. The molecular weight excluding hydrogens is 673 g/mol. The lowest BCUT2D eigenvalue weighted by molar-refractivity contribution is 0.477. The van der Waals surface area contributed by atoms with Crippen LogP contribution in [0.4, 0.5) is 34.1 Å². The Balaban J connectivity index is 1.01. The second kappa shape index (κ2) is 12.0. The van der Waals surface area contributed by atoms with Crippen LogP contribution >= 0.6 is 0 Å². The summed E-state index contributed by atoms with van der Waals surface area (Å²) in [6.45, 7) is 4.68. The molecule has 0 N–H and O–H groups in total. The van der Waals surface area contributed by atoms with E-state index in [-0.39, 0.29) is 5.41 Å². The standard InChI is InChI=1S/C51H36N2O2/c1-51(2)43-16-8-6-14-39(43)40-27-25-38(32-44(40)51)52(37-26-29-48-42(31-37)41-15-7-10-18-47(41)54-48)36-23-20-33(21-24-36)34-22-28-46-50(30-34)55-49-19-11-9-17-45(49)53(46)35-12-4-3-5-13-35/h3-32H,1-2H3. The first-order valence-electron chi connectivity index (χ1n) is 18.8. The van der Waals surface area contributed by atoms with Gasteiger partial charge < -0.3 is 19.0 Å². The molecule has 0 unspecified atom stereocenters. The predicted molar refractivity (Wildman–Crippen MR) is 226 cm³/mol. The second-order valence-electron chi connectivity index (χ2n) is 15.0. The molecule has 0 atom stereocenters. The molecule has 1 aliphatic heterocycles. The van der Waals surface area contributed by atoms with Crippen LogP contribution in [-0.2, 0) is 5.41 Å². The fourth-order valence-electron chi connectivity index (χ4n) is 8.73. The van der Waals surface area contributed by atoms with Crippen LogP contribution in [0.1, 0.15) is 25.0 Å². The van der Waals surface area contributed by atoms with E-state index in [0.717, 1.165) is 78.7 Å². The van der Waals surface area contributed by atoms with E-state index in [1.54, 1.807) is 0 Å². The molecular formula is C51H36N2O2. The number of hydrogen-bond acceptors (Lipinski definition) is 4. The Kier molecular flexibility index (Phi) is 6.86. The molecule has 2 heterocycles. The number of furan rings is 1. The van der Waals surface area contributed by atoms with Gasteiger partial charge in [-0.1, -0.05) is 111 Å². The van der Waals surface area contributed by atoms with Crippen LogP contribution < -0.4 is 14.5 Å². The Morgan fingerprint density at radius 3 is 2.00 bits per heavy atom. The van der Waals surface area contributed by atoms with Crippen LogP contribution in [0.3, 0.4) is 0 Å². The third kappa shape index (κ3) is 4.92. The number of para-hydroxylation sites is 4. The van der Waals surface area contributed by atoms with Crippen molar-refractivity contribution in [3.05, 3.63) is 193 Å². The van der Waals surface area contributed by atoms with E-state index in [4.69, 9.17) is 9.15 Å². The van der Waals surface area contributed by atoms with Gasteiger partial charge in [0.05, 0.1) is 11.4 Å². The van der Waals surface area contributed by atoms with Gasteiger partial charge in [0.15, 0.2) is 11.5 Å². The molecule has 9 aromatic rings. The van der Waals surface area contributed by atoms with Crippen molar-refractivity contribution in [1.29, 1.82) is 0 Å². The molecule has 0 bridgehead atoms. The largest absolute Gasteiger partial charge is 0.456 e. The lowest BCUT2D eigenvalue weighted by atomic mass is 9.82. The van der Waals surface area contributed by atoms with Gasteiger partial charge in [-0.3, -0.25) is 0 Å². The summed E-state index contributed by atoms with van der Waals surface area (Å²) < 4.78 is 12.8. The van der Waals surface area contributed by atoms with Gasteiger partial charge in [-0.2, -0.15) is 0 Å². The molecule has 4 heteroatoms. The van der Waals surface area contributed by atoms with E-state index in [1.165, 1.54) is 22.3 Å². The van der Waals surface area contributed by atoms with Crippen molar-refractivity contribution in [3.63, 3.8) is 0 Å². The highest BCUT2D eigenvalue weighted by atomic mass is 16.5. The minimum atomic E-state index is -0.118. The van der Waals surface area contributed by atoms with Gasteiger partial charge in [0.2, 0.25) is 0 Å². The predicted octanol–water partition coefficient (Wildman–Crippen LogP) is 14.6. The van der Waals surface area contributed by atoms with Crippen molar-refractivity contribution in [2.24, 2.45) is 0 Å². The van der Waals surface area contributed by atoms with Gasteiger partial charge in [-0.25, -0.2) is 0 Å². The van der Waals surface area contributed by atoms with Crippen molar-refractivity contribution < 1.29 is 9.15 Å². The first kappa shape index (κ1) is 31.5. The summed E-state index contributed by atoms with van der Waals surface area (Å²) in [4.78, 5) is 4.64. The maximum atomic E-state index is 6.55. The average molecular weight is 709 g/mol. The van der Waals surface area contributed by atoms with E-state index >= 15 is 0 Å². The highest BCUT2D eigenvalue weighted by molar-refractivity contribution is 6.06. The lowest BCUT2D eigenvalue weighted by Crippen LogP contribution is -2.16. The van der Waals surface area contributed by atoms with E-state index in [2.05, 4.69) is 175 Å². The summed E-state index contributed by atoms with van der Waals surface area (Å²) in [6.07, 6.45) is 0. The SMILES string of the molecule is CC1(C)c2ccccc2-c2ccc(N(c3ccc(-c4ccc5c(c4)Oc4ccccc4N5c4ccccc4)cc3)c3ccc4oc5ccccc5c4c3)cc21. The van der Waals surface area contributed by atoms with Crippen molar-refractivity contribution in [2.45, 2.75) is 19.3 Å². The molecule has 8 aromatic carbocycles. The molecule has 0 saturated carbocycles. The van der Waals surface area contributed by atoms with Gasteiger partial charge in [-0.15, -0.1) is 0 Å². The number of anilines is 6. The number of fused-ring (bicyclic) bond motifs is 8. The number of benzene rings is 8. The zero-order chi connectivity index (χ0) is 36.7. The lowest BCUT2D eigenvalue weighted by Gasteiger charge is -2.33. The first-order valence-corrected chi connectivity index (χ1v) is 18.8. The zero-order valence-corrected chi connectivity index (χ0v) is 30.5. The summed E-state index contributed by atoms with van der Waals surface area (Å²) in [6, 6.07) is 64.7. The van der Waals surface area contributed by atoms with Crippen LogP contribution in [0.5, 0.6) is 11.5 Å². The summed E-state index contributed by atoms with van der Waals surface area (Å²) in [5.74, 6) is 1.66. The molecule has 1 aromatic heterocycles. The van der Waals surface area contributed by atoms with E-state index in [1.807, 2.05) is 30.3 Å². The highest BCUT2D eigenvalue weighted by Crippen LogP contribution is 2.53. The minimum Gasteiger partial charge on any atom is -0.456 e. The Labute approximate surface area is 320 Å². The van der Waals surface area contributed by atoms with Crippen molar-refractivity contribution in [2.75, 3.05) is 9.80 Å². The molecule has 0 radical (unpaired) electrons. The van der Waals surface area contributed by atoms with Crippen molar-refractivity contribution >= 4 is 56.1 Å². The van der Waals surface area contributed by atoms with Gasteiger partial charge in [0, 0.05) is 38.9 Å². The number of hydrogen-bond donors (Lipinski definition) is 0.